The fraction of sp³-hybridized carbons (Fsp3) is 1.00. The van der Waals surface area contributed by atoms with E-state index >= 15 is 0 Å². The number of nitrogens with one attached hydrogen (secondary N) is 1. The maximum Gasteiger partial charge on any atom is 0.0897 e. The highest BCUT2D eigenvalue weighted by Crippen LogP contribution is 2.50. The Hall–Kier alpha value is -0.120. The van der Waals surface area contributed by atoms with Gasteiger partial charge in [0.1, 0.15) is 0 Å². The van der Waals surface area contributed by atoms with Crippen molar-refractivity contribution < 1.29 is 9.84 Å². The molecule has 112 valence electrons. The highest BCUT2D eigenvalue weighted by atomic mass is 16.5. The average molecular weight is 269 g/mol. The van der Waals surface area contributed by atoms with E-state index in [0.717, 1.165) is 18.9 Å². The van der Waals surface area contributed by atoms with E-state index in [1.54, 1.807) is 0 Å². The fourth-order valence-corrected chi connectivity index (χ4v) is 3.17. The Labute approximate surface area is 118 Å². The molecule has 2 rings (SSSR count). The highest BCUT2D eigenvalue weighted by Gasteiger charge is 2.44. The summed E-state index contributed by atoms with van der Waals surface area (Å²) in [7, 11) is 0. The van der Waals surface area contributed by atoms with Crippen molar-refractivity contribution in [2.45, 2.75) is 65.1 Å². The van der Waals surface area contributed by atoms with Crippen molar-refractivity contribution in [3.8, 4) is 0 Å². The molecule has 0 aromatic rings. The number of rotatable bonds is 7. The lowest BCUT2D eigenvalue weighted by Crippen LogP contribution is -2.35. The van der Waals surface area contributed by atoms with Gasteiger partial charge in [-0.1, -0.05) is 33.6 Å². The minimum atomic E-state index is -0.365. The van der Waals surface area contributed by atoms with Crippen LogP contribution in [-0.2, 0) is 4.74 Å². The van der Waals surface area contributed by atoms with E-state index < -0.39 is 0 Å². The van der Waals surface area contributed by atoms with Crippen LogP contribution in [0.15, 0.2) is 0 Å². The molecule has 2 saturated carbocycles. The van der Waals surface area contributed by atoms with Gasteiger partial charge in [-0.05, 0) is 43.1 Å². The second-order valence-electron chi connectivity index (χ2n) is 7.34. The smallest absolute Gasteiger partial charge is 0.0897 e. The summed E-state index contributed by atoms with van der Waals surface area (Å²) in [5, 5.41) is 13.3. The van der Waals surface area contributed by atoms with Gasteiger partial charge in [-0.25, -0.2) is 0 Å². The minimum absolute atomic E-state index is 0.365. The lowest BCUT2D eigenvalue weighted by Gasteiger charge is -2.29. The Morgan fingerprint density at radius 1 is 1.32 bits per heavy atom. The van der Waals surface area contributed by atoms with E-state index in [4.69, 9.17) is 4.74 Å². The topological polar surface area (TPSA) is 41.5 Å². The van der Waals surface area contributed by atoms with Crippen molar-refractivity contribution in [2.75, 3.05) is 19.7 Å². The molecule has 2 fully saturated rings. The third kappa shape index (κ3) is 4.73. The van der Waals surface area contributed by atoms with Gasteiger partial charge in [-0.3, -0.25) is 0 Å². The SMILES string of the molecule is CC1CCCCC1OCC(O)CNCC1CC1(C)C. The van der Waals surface area contributed by atoms with Gasteiger partial charge in [0.15, 0.2) is 0 Å². The van der Waals surface area contributed by atoms with Gasteiger partial charge < -0.3 is 15.2 Å². The van der Waals surface area contributed by atoms with Crippen molar-refractivity contribution in [3.63, 3.8) is 0 Å². The van der Waals surface area contributed by atoms with Crippen LogP contribution < -0.4 is 5.32 Å². The predicted molar refractivity (Wildman–Crippen MR) is 78.1 cm³/mol. The molecule has 3 heteroatoms. The Morgan fingerprint density at radius 2 is 2.00 bits per heavy atom. The minimum Gasteiger partial charge on any atom is -0.389 e. The summed E-state index contributed by atoms with van der Waals surface area (Å²) in [4.78, 5) is 0. The number of hydrogen-bond acceptors (Lipinski definition) is 3. The van der Waals surface area contributed by atoms with Crippen LogP contribution in [0.25, 0.3) is 0 Å². The normalized spacial score (nSPS) is 35.1. The lowest BCUT2D eigenvalue weighted by molar-refractivity contribution is -0.0451. The van der Waals surface area contributed by atoms with E-state index in [1.165, 1.54) is 25.7 Å². The van der Waals surface area contributed by atoms with Crippen LogP contribution in [0.4, 0.5) is 0 Å². The molecule has 0 spiro atoms. The summed E-state index contributed by atoms with van der Waals surface area (Å²) in [6.07, 6.45) is 6.36. The molecule has 2 aliphatic carbocycles. The summed E-state index contributed by atoms with van der Waals surface area (Å²) in [5.74, 6) is 1.44. The summed E-state index contributed by atoms with van der Waals surface area (Å²) < 4.78 is 5.88. The van der Waals surface area contributed by atoms with Gasteiger partial charge in [0, 0.05) is 6.54 Å². The summed E-state index contributed by atoms with van der Waals surface area (Å²) >= 11 is 0. The molecule has 0 aliphatic heterocycles. The zero-order valence-corrected chi connectivity index (χ0v) is 12.8. The standard InChI is InChI=1S/C16H31NO2/c1-12-6-4-5-7-15(12)19-11-14(18)10-17-9-13-8-16(13,2)3/h12-15,17-18H,4-11H2,1-3H3. The first-order chi connectivity index (χ1) is 8.99. The van der Waals surface area contributed by atoms with Crippen molar-refractivity contribution in [3.05, 3.63) is 0 Å². The summed E-state index contributed by atoms with van der Waals surface area (Å²) in [6, 6.07) is 0. The molecule has 0 radical (unpaired) electrons. The maximum atomic E-state index is 9.94. The lowest BCUT2D eigenvalue weighted by atomic mass is 9.88. The molecule has 19 heavy (non-hydrogen) atoms. The van der Waals surface area contributed by atoms with Gasteiger partial charge in [-0.2, -0.15) is 0 Å². The number of aliphatic hydroxyl groups excluding tert-OH is 1. The Morgan fingerprint density at radius 3 is 2.63 bits per heavy atom. The Kier molecular flexibility index (Phi) is 5.27. The molecule has 4 unspecified atom stereocenters. The van der Waals surface area contributed by atoms with Crippen LogP contribution in [0.3, 0.4) is 0 Å². The van der Waals surface area contributed by atoms with Crippen LogP contribution in [0.5, 0.6) is 0 Å². The Bertz CT molecular complexity index is 280. The van der Waals surface area contributed by atoms with Crippen LogP contribution in [0.1, 0.15) is 52.9 Å². The second-order valence-corrected chi connectivity index (χ2v) is 7.34. The largest absolute Gasteiger partial charge is 0.389 e. The molecular weight excluding hydrogens is 238 g/mol. The monoisotopic (exact) mass is 269 g/mol. The molecule has 2 N–H and O–H groups in total. The molecule has 0 aromatic heterocycles. The van der Waals surface area contributed by atoms with Crippen LogP contribution in [-0.4, -0.2) is 37.0 Å². The van der Waals surface area contributed by atoms with Crippen molar-refractivity contribution >= 4 is 0 Å². The number of hydrogen-bond donors (Lipinski definition) is 2. The zero-order valence-electron chi connectivity index (χ0n) is 12.8. The predicted octanol–water partition coefficient (Wildman–Crippen LogP) is 2.58. The molecule has 4 atom stereocenters. The molecule has 0 heterocycles. The van der Waals surface area contributed by atoms with Crippen molar-refractivity contribution in [1.29, 1.82) is 0 Å². The maximum absolute atomic E-state index is 9.94. The van der Waals surface area contributed by atoms with Crippen LogP contribution >= 0.6 is 0 Å². The summed E-state index contributed by atoms with van der Waals surface area (Å²) in [6.45, 7) is 9.06. The molecule has 0 amide bonds. The van der Waals surface area contributed by atoms with Crippen molar-refractivity contribution in [1.82, 2.24) is 5.32 Å². The van der Waals surface area contributed by atoms with Gasteiger partial charge in [-0.15, -0.1) is 0 Å². The first kappa shape index (κ1) is 15.3. The average Bonchev–Trinajstić information content (AvgIpc) is 2.96. The first-order valence-corrected chi connectivity index (χ1v) is 7.99. The van der Waals surface area contributed by atoms with E-state index in [-0.39, 0.29) is 6.10 Å². The number of aliphatic hydroxyl groups is 1. The van der Waals surface area contributed by atoms with E-state index in [9.17, 15) is 5.11 Å². The first-order valence-electron chi connectivity index (χ1n) is 7.99. The van der Waals surface area contributed by atoms with Crippen LogP contribution in [0, 0.1) is 17.3 Å². The molecular formula is C16H31NO2. The highest BCUT2D eigenvalue weighted by molar-refractivity contribution is 4.96. The van der Waals surface area contributed by atoms with Gasteiger partial charge in [0.2, 0.25) is 0 Å². The quantitative estimate of drug-likeness (QED) is 0.746. The fourth-order valence-electron chi connectivity index (χ4n) is 3.17. The zero-order chi connectivity index (χ0) is 13.9. The molecule has 0 bridgehead atoms. The van der Waals surface area contributed by atoms with Gasteiger partial charge in [0.05, 0.1) is 18.8 Å². The molecule has 2 aliphatic rings. The third-order valence-corrected chi connectivity index (χ3v) is 5.02. The molecule has 0 saturated heterocycles. The van der Waals surface area contributed by atoms with Crippen molar-refractivity contribution in [2.24, 2.45) is 17.3 Å². The van der Waals surface area contributed by atoms with Gasteiger partial charge in [0.25, 0.3) is 0 Å². The molecule has 0 aromatic carbocycles. The van der Waals surface area contributed by atoms with E-state index in [0.29, 0.717) is 30.6 Å². The molecule has 3 nitrogen and oxygen atoms in total. The number of ether oxygens (including phenoxy) is 1. The van der Waals surface area contributed by atoms with Gasteiger partial charge >= 0.3 is 0 Å². The van der Waals surface area contributed by atoms with E-state index in [1.807, 2.05) is 0 Å². The van der Waals surface area contributed by atoms with Crippen LogP contribution in [0.2, 0.25) is 0 Å². The van der Waals surface area contributed by atoms with E-state index in [2.05, 4.69) is 26.1 Å². The second kappa shape index (κ2) is 6.55. The third-order valence-electron chi connectivity index (χ3n) is 5.02. The summed E-state index contributed by atoms with van der Waals surface area (Å²) in [5.41, 5.74) is 0.520. The Balaban J connectivity index is 1.53.